The highest BCUT2D eigenvalue weighted by Gasteiger charge is 1.99. The molecule has 0 heteroatoms. The van der Waals surface area contributed by atoms with E-state index >= 15 is 0 Å². The van der Waals surface area contributed by atoms with Crippen molar-refractivity contribution in [1.82, 2.24) is 0 Å². The van der Waals surface area contributed by atoms with Crippen LogP contribution in [0, 0.1) is 5.92 Å². The van der Waals surface area contributed by atoms with Gasteiger partial charge in [0.2, 0.25) is 0 Å². The molecule has 1 rings (SSSR count). The van der Waals surface area contributed by atoms with E-state index in [9.17, 15) is 0 Å². The van der Waals surface area contributed by atoms with Crippen molar-refractivity contribution in [2.75, 3.05) is 0 Å². The Morgan fingerprint density at radius 3 is 2.92 bits per heavy atom. The normalized spacial score (nSPS) is 26.5. The minimum Gasteiger partial charge on any atom is -0.0882 e. The zero-order chi connectivity index (χ0) is 8.81. The lowest BCUT2D eigenvalue weighted by molar-refractivity contribution is 0.579. The maximum absolute atomic E-state index is 2.43. The molecule has 0 aromatic rings. The molecule has 1 aliphatic rings. The van der Waals surface area contributed by atoms with E-state index < -0.39 is 0 Å². The summed E-state index contributed by atoms with van der Waals surface area (Å²) in [7, 11) is 0. The fraction of sp³-hybridized carbons (Fsp3) is 0.667. The summed E-state index contributed by atoms with van der Waals surface area (Å²) in [6, 6.07) is 0. The van der Waals surface area contributed by atoms with Crippen LogP contribution in [-0.2, 0) is 0 Å². The lowest BCUT2D eigenvalue weighted by atomic mass is 9.98. The summed E-state index contributed by atoms with van der Waals surface area (Å²) in [5.41, 5.74) is 1.53. The van der Waals surface area contributed by atoms with E-state index in [2.05, 4.69) is 32.1 Å². The van der Waals surface area contributed by atoms with Crippen LogP contribution in [0.1, 0.15) is 46.0 Å². The molecular formula is C12H20. The highest BCUT2D eigenvalue weighted by atomic mass is 14.1. The van der Waals surface area contributed by atoms with Crippen LogP contribution >= 0.6 is 0 Å². The quantitative estimate of drug-likeness (QED) is 0.473. The third kappa shape index (κ3) is 3.75. The molecule has 0 heterocycles. The number of rotatable bonds is 0. The highest BCUT2D eigenvalue weighted by molar-refractivity contribution is 5.06. The van der Waals surface area contributed by atoms with Gasteiger partial charge in [-0.2, -0.15) is 0 Å². The fourth-order valence-corrected chi connectivity index (χ4v) is 1.75. The second kappa shape index (κ2) is 5.18. The van der Waals surface area contributed by atoms with E-state index in [1.54, 1.807) is 0 Å². The van der Waals surface area contributed by atoms with E-state index in [0.717, 1.165) is 12.3 Å². The summed E-state index contributed by atoms with van der Waals surface area (Å²) in [5.74, 6) is 0.788. The maximum Gasteiger partial charge on any atom is -0.0141 e. The van der Waals surface area contributed by atoms with Crippen LogP contribution in [0.15, 0.2) is 23.8 Å². The van der Waals surface area contributed by atoms with Gasteiger partial charge in [-0.15, -0.1) is 0 Å². The standard InChI is InChI=1S/C12H20/c1-11-8-6-4-3-5-7-9-12(2)10-11/h4,6,10,12H,3,5,7-9H2,1-2H3. The van der Waals surface area contributed by atoms with E-state index in [1.807, 2.05) is 0 Å². The predicted octanol–water partition coefficient (Wildman–Crippen LogP) is 4.09. The molecular weight excluding hydrogens is 144 g/mol. The highest BCUT2D eigenvalue weighted by Crippen LogP contribution is 2.16. The summed E-state index contributed by atoms with van der Waals surface area (Å²) in [5, 5.41) is 0. The smallest absolute Gasteiger partial charge is 0.0141 e. The van der Waals surface area contributed by atoms with Gasteiger partial charge in [0.15, 0.2) is 0 Å². The summed E-state index contributed by atoms with van der Waals surface area (Å²) >= 11 is 0. The molecule has 0 saturated heterocycles. The zero-order valence-corrected chi connectivity index (χ0v) is 8.34. The first-order valence-corrected chi connectivity index (χ1v) is 5.11. The lowest BCUT2D eigenvalue weighted by Gasteiger charge is -2.08. The minimum absolute atomic E-state index is 0.788. The molecule has 0 aromatic heterocycles. The summed E-state index contributed by atoms with van der Waals surface area (Å²) in [6.07, 6.45) is 13.6. The molecule has 1 aliphatic carbocycles. The van der Waals surface area contributed by atoms with E-state index in [0.29, 0.717) is 0 Å². The number of allylic oxidation sites excluding steroid dienone is 4. The largest absolute Gasteiger partial charge is 0.0882 e. The van der Waals surface area contributed by atoms with Gasteiger partial charge >= 0.3 is 0 Å². The number of hydrogen-bond acceptors (Lipinski definition) is 0. The second-order valence-electron chi connectivity index (χ2n) is 3.95. The Morgan fingerprint density at radius 1 is 1.25 bits per heavy atom. The molecule has 1 atom stereocenters. The van der Waals surface area contributed by atoms with E-state index in [1.165, 1.54) is 31.3 Å². The summed E-state index contributed by atoms with van der Waals surface area (Å²) in [6.45, 7) is 4.57. The van der Waals surface area contributed by atoms with Crippen LogP contribution in [0.3, 0.4) is 0 Å². The van der Waals surface area contributed by atoms with Crippen molar-refractivity contribution in [3.8, 4) is 0 Å². The van der Waals surface area contributed by atoms with Crippen LogP contribution in [0.2, 0.25) is 0 Å². The van der Waals surface area contributed by atoms with Crippen molar-refractivity contribution in [3.05, 3.63) is 23.8 Å². The van der Waals surface area contributed by atoms with Crippen molar-refractivity contribution in [3.63, 3.8) is 0 Å². The second-order valence-corrected chi connectivity index (χ2v) is 3.95. The molecule has 12 heavy (non-hydrogen) atoms. The summed E-state index contributed by atoms with van der Waals surface area (Å²) < 4.78 is 0. The van der Waals surface area contributed by atoms with Crippen molar-refractivity contribution in [2.24, 2.45) is 5.92 Å². The first-order chi connectivity index (χ1) is 5.79. The Hall–Kier alpha value is -0.520. The van der Waals surface area contributed by atoms with Crippen LogP contribution in [-0.4, -0.2) is 0 Å². The van der Waals surface area contributed by atoms with Crippen LogP contribution in [0.4, 0.5) is 0 Å². The molecule has 0 aromatic carbocycles. The molecule has 0 N–H and O–H groups in total. The van der Waals surface area contributed by atoms with Gasteiger partial charge in [0.25, 0.3) is 0 Å². The summed E-state index contributed by atoms with van der Waals surface area (Å²) in [4.78, 5) is 0. The molecule has 0 fully saturated rings. The zero-order valence-electron chi connectivity index (χ0n) is 8.34. The van der Waals surface area contributed by atoms with Crippen molar-refractivity contribution in [1.29, 1.82) is 0 Å². The lowest BCUT2D eigenvalue weighted by Crippen LogP contribution is -1.92. The van der Waals surface area contributed by atoms with Gasteiger partial charge in [-0.05, 0) is 38.5 Å². The molecule has 0 amide bonds. The van der Waals surface area contributed by atoms with Gasteiger partial charge in [0.05, 0.1) is 0 Å². The van der Waals surface area contributed by atoms with Crippen LogP contribution < -0.4 is 0 Å². The van der Waals surface area contributed by atoms with Crippen molar-refractivity contribution < 1.29 is 0 Å². The monoisotopic (exact) mass is 164 g/mol. The fourth-order valence-electron chi connectivity index (χ4n) is 1.75. The Bertz CT molecular complexity index is 174. The van der Waals surface area contributed by atoms with Gasteiger partial charge < -0.3 is 0 Å². The predicted molar refractivity (Wildman–Crippen MR) is 55.1 cm³/mol. The third-order valence-corrected chi connectivity index (χ3v) is 2.46. The molecule has 0 spiro atoms. The molecule has 0 nitrogen and oxygen atoms in total. The van der Waals surface area contributed by atoms with Crippen molar-refractivity contribution >= 4 is 0 Å². The van der Waals surface area contributed by atoms with Gasteiger partial charge in [0.1, 0.15) is 0 Å². The van der Waals surface area contributed by atoms with Gasteiger partial charge in [-0.3, -0.25) is 0 Å². The average Bonchev–Trinajstić information content (AvgIpc) is 2.02. The average molecular weight is 164 g/mol. The Kier molecular flexibility index (Phi) is 4.13. The topological polar surface area (TPSA) is 0 Å². The molecule has 0 saturated carbocycles. The molecule has 0 bridgehead atoms. The molecule has 1 unspecified atom stereocenters. The third-order valence-electron chi connectivity index (χ3n) is 2.46. The maximum atomic E-state index is 2.43. The molecule has 68 valence electrons. The van der Waals surface area contributed by atoms with Crippen molar-refractivity contribution in [2.45, 2.75) is 46.0 Å². The van der Waals surface area contributed by atoms with Crippen LogP contribution in [0.5, 0.6) is 0 Å². The van der Waals surface area contributed by atoms with E-state index in [4.69, 9.17) is 0 Å². The Labute approximate surface area is 76.4 Å². The molecule has 0 radical (unpaired) electrons. The Morgan fingerprint density at radius 2 is 2.08 bits per heavy atom. The van der Waals surface area contributed by atoms with E-state index in [-0.39, 0.29) is 0 Å². The van der Waals surface area contributed by atoms with Gasteiger partial charge in [0, 0.05) is 0 Å². The minimum atomic E-state index is 0.788. The first-order valence-electron chi connectivity index (χ1n) is 5.11. The van der Waals surface area contributed by atoms with Gasteiger partial charge in [-0.1, -0.05) is 37.1 Å². The first kappa shape index (κ1) is 9.57. The number of hydrogen-bond donors (Lipinski definition) is 0. The Balaban J connectivity index is 2.51. The van der Waals surface area contributed by atoms with Crippen LogP contribution in [0.25, 0.3) is 0 Å². The van der Waals surface area contributed by atoms with Gasteiger partial charge in [-0.25, -0.2) is 0 Å². The molecule has 0 aliphatic heterocycles. The SMILES string of the molecule is CC1=CC(C)CCCCC=CC1.